The fourth-order valence-corrected chi connectivity index (χ4v) is 4.02. The van der Waals surface area contributed by atoms with E-state index >= 15 is 0 Å². The number of carbonyl (C=O) groups is 2. The van der Waals surface area contributed by atoms with Crippen LogP contribution in [0.2, 0.25) is 5.02 Å². The number of allylic oxidation sites excluding steroid dienone is 1. The molecule has 32 heavy (non-hydrogen) atoms. The highest BCUT2D eigenvalue weighted by Crippen LogP contribution is 2.19. The van der Waals surface area contributed by atoms with Crippen LogP contribution in [-0.2, 0) is 10.0 Å². The summed E-state index contributed by atoms with van der Waals surface area (Å²) in [4.78, 5) is 25.1. The molecule has 0 saturated heterocycles. The second-order valence-corrected chi connectivity index (χ2v) is 9.63. The number of sulfonamides is 1. The average molecular weight is 469 g/mol. The van der Waals surface area contributed by atoms with Crippen molar-refractivity contribution in [3.63, 3.8) is 0 Å². The Morgan fingerprint density at radius 2 is 1.66 bits per heavy atom. The van der Waals surface area contributed by atoms with Gasteiger partial charge in [0.25, 0.3) is 5.91 Å². The summed E-state index contributed by atoms with van der Waals surface area (Å²) in [6.07, 6.45) is 2.96. The number of nitrogens with one attached hydrogen (secondary N) is 1. The van der Waals surface area contributed by atoms with Gasteiger partial charge in [-0.2, -0.15) is 0 Å². The maximum Gasteiger partial charge on any atom is 0.257 e. The third-order valence-corrected chi connectivity index (χ3v) is 6.73. The first-order valence-electron chi connectivity index (χ1n) is 9.59. The average Bonchev–Trinajstić information content (AvgIpc) is 2.78. The van der Waals surface area contributed by atoms with Crippen molar-refractivity contribution in [2.75, 3.05) is 19.4 Å². The van der Waals surface area contributed by atoms with Crippen LogP contribution >= 0.6 is 11.6 Å². The van der Waals surface area contributed by atoms with Gasteiger partial charge in [0.15, 0.2) is 5.78 Å². The van der Waals surface area contributed by atoms with Gasteiger partial charge in [0.1, 0.15) is 0 Å². The minimum Gasteiger partial charge on any atom is -0.322 e. The molecule has 0 radical (unpaired) electrons. The van der Waals surface area contributed by atoms with Gasteiger partial charge in [-0.15, -0.1) is 0 Å². The van der Waals surface area contributed by atoms with Gasteiger partial charge in [-0.1, -0.05) is 54.1 Å². The van der Waals surface area contributed by atoms with Gasteiger partial charge in [0, 0.05) is 25.3 Å². The van der Waals surface area contributed by atoms with Gasteiger partial charge in [0.05, 0.1) is 15.5 Å². The molecule has 164 valence electrons. The Labute approximate surface area is 192 Å². The van der Waals surface area contributed by atoms with E-state index in [2.05, 4.69) is 5.32 Å². The van der Waals surface area contributed by atoms with Crippen LogP contribution in [0.4, 0.5) is 5.69 Å². The van der Waals surface area contributed by atoms with Crippen molar-refractivity contribution in [2.24, 2.45) is 0 Å². The van der Waals surface area contributed by atoms with E-state index < -0.39 is 10.0 Å². The highest BCUT2D eigenvalue weighted by atomic mass is 35.5. The summed E-state index contributed by atoms with van der Waals surface area (Å²) >= 11 is 6.07. The van der Waals surface area contributed by atoms with E-state index in [9.17, 15) is 18.0 Å². The molecular weight excluding hydrogens is 448 g/mol. The smallest absolute Gasteiger partial charge is 0.257 e. The molecule has 1 N–H and O–H groups in total. The lowest BCUT2D eigenvalue weighted by Crippen LogP contribution is -2.22. The van der Waals surface area contributed by atoms with Crippen molar-refractivity contribution < 1.29 is 18.0 Å². The fourth-order valence-electron chi connectivity index (χ4n) is 2.85. The van der Waals surface area contributed by atoms with E-state index in [0.717, 1.165) is 4.31 Å². The zero-order chi connectivity index (χ0) is 23.3. The number of amides is 1. The number of anilines is 1. The summed E-state index contributed by atoms with van der Waals surface area (Å²) in [6.45, 7) is 0. The van der Waals surface area contributed by atoms with Gasteiger partial charge in [-0.05, 0) is 48.0 Å². The molecule has 8 heteroatoms. The normalized spacial score (nSPS) is 11.6. The van der Waals surface area contributed by atoms with Crippen molar-refractivity contribution in [1.82, 2.24) is 4.31 Å². The maximum atomic E-state index is 12.6. The Kier molecular flexibility index (Phi) is 7.25. The van der Waals surface area contributed by atoms with Crippen molar-refractivity contribution in [1.29, 1.82) is 0 Å². The van der Waals surface area contributed by atoms with Crippen molar-refractivity contribution in [2.45, 2.75) is 4.90 Å². The Hall–Kier alpha value is -3.26. The maximum absolute atomic E-state index is 12.6. The first-order valence-corrected chi connectivity index (χ1v) is 11.4. The zero-order valence-corrected chi connectivity index (χ0v) is 19.0. The number of nitrogens with zero attached hydrogens (tertiary/aromatic N) is 1. The molecule has 0 saturated carbocycles. The Bertz CT molecular complexity index is 1300. The predicted octanol–water partition coefficient (Wildman–Crippen LogP) is 4.74. The molecular formula is C24H21ClN2O4S. The van der Waals surface area contributed by atoms with Crippen LogP contribution in [-0.4, -0.2) is 38.5 Å². The molecule has 0 aliphatic carbocycles. The molecule has 6 nitrogen and oxygen atoms in total. The van der Waals surface area contributed by atoms with Crippen LogP contribution in [0.1, 0.15) is 26.3 Å². The number of rotatable bonds is 7. The van der Waals surface area contributed by atoms with E-state index in [0.29, 0.717) is 21.8 Å². The number of halogens is 1. The SMILES string of the molecule is CN(C)S(=O)(=O)c1cccc(C(=O)/C=C/c2cccc(NC(=O)c3ccccc3Cl)c2)c1. The molecule has 0 spiro atoms. The molecule has 0 unspecified atom stereocenters. The summed E-state index contributed by atoms with van der Waals surface area (Å²) in [5.74, 6) is -0.682. The first kappa shape index (κ1) is 23.4. The third kappa shape index (κ3) is 5.50. The molecule has 3 aromatic carbocycles. The van der Waals surface area contributed by atoms with E-state index in [-0.39, 0.29) is 22.1 Å². The summed E-state index contributed by atoms with van der Waals surface area (Å²) in [5.41, 5.74) is 1.85. The molecule has 0 fully saturated rings. The summed E-state index contributed by atoms with van der Waals surface area (Å²) in [7, 11) is -0.772. The van der Waals surface area contributed by atoms with Gasteiger partial charge in [0.2, 0.25) is 10.0 Å². The standard InChI is InChI=1S/C24H21ClN2O4S/c1-27(2)32(30,31)20-10-6-8-18(16-20)23(28)14-13-17-7-5-9-19(15-17)26-24(29)21-11-3-4-12-22(21)25/h3-16H,1-2H3,(H,26,29)/b14-13+. The number of carbonyl (C=O) groups excluding carboxylic acids is 2. The summed E-state index contributed by atoms with van der Waals surface area (Å²) in [6, 6.07) is 19.6. The minimum atomic E-state index is -3.64. The van der Waals surface area contributed by atoms with E-state index in [1.807, 2.05) is 0 Å². The quantitative estimate of drug-likeness (QED) is 0.401. The molecule has 0 atom stereocenters. The molecule has 1 amide bonds. The van der Waals surface area contributed by atoms with Crippen LogP contribution in [0, 0.1) is 0 Å². The van der Waals surface area contributed by atoms with Crippen molar-refractivity contribution in [3.05, 3.63) is 101 Å². The fraction of sp³-hybridized carbons (Fsp3) is 0.0833. The highest BCUT2D eigenvalue weighted by Gasteiger charge is 2.18. The summed E-state index contributed by atoms with van der Waals surface area (Å²) in [5, 5.41) is 3.13. The van der Waals surface area contributed by atoms with Crippen LogP contribution in [0.15, 0.2) is 83.8 Å². The zero-order valence-electron chi connectivity index (χ0n) is 17.4. The van der Waals surface area contributed by atoms with Crippen molar-refractivity contribution in [3.8, 4) is 0 Å². The molecule has 0 aliphatic rings. The lowest BCUT2D eigenvalue weighted by atomic mass is 10.1. The lowest BCUT2D eigenvalue weighted by molar-refractivity contribution is 0.102. The van der Waals surface area contributed by atoms with Gasteiger partial charge in [-0.3, -0.25) is 9.59 Å². The number of hydrogen-bond acceptors (Lipinski definition) is 4. The van der Waals surface area contributed by atoms with Gasteiger partial charge < -0.3 is 5.32 Å². The first-order chi connectivity index (χ1) is 15.2. The van der Waals surface area contributed by atoms with Crippen molar-refractivity contribution >= 4 is 45.1 Å². The number of benzene rings is 3. The Balaban J connectivity index is 1.76. The molecule has 0 aromatic heterocycles. The number of ketones is 1. The topological polar surface area (TPSA) is 83.6 Å². The highest BCUT2D eigenvalue weighted by molar-refractivity contribution is 7.89. The van der Waals surface area contributed by atoms with Crippen LogP contribution in [0.25, 0.3) is 6.08 Å². The monoisotopic (exact) mass is 468 g/mol. The molecule has 3 aromatic rings. The van der Waals surface area contributed by atoms with E-state index in [4.69, 9.17) is 11.6 Å². The summed E-state index contributed by atoms with van der Waals surface area (Å²) < 4.78 is 25.7. The minimum absolute atomic E-state index is 0.0473. The van der Waals surface area contributed by atoms with Crippen LogP contribution in [0.5, 0.6) is 0 Å². The molecule has 3 rings (SSSR count). The molecule has 0 aliphatic heterocycles. The third-order valence-electron chi connectivity index (χ3n) is 4.59. The molecule has 0 bridgehead atoms. The lowest BCUT2D eigenvalue weighted by Gasteiger charge is -2.11. The Morgan fingerprint density at radius 1 is 0.938 bits per heavy atom. The largest absolute Gasteiger partial charge is 0.322 e. The number of hydrogen-bond donors (Lipinski definition) is 1. The molecule has 0 heterocycles. The predicted molar refractivity (Wildman–Crippen MR) is 127 cm³/mol. The van der Waals surface area contributed by atoms with Gasteiger partial charge in [-0.25, -0.2) is 12.7 Å². The van der Waals surface area contributed by atoms with Crippen LogP contribution < -0.4 is 5.32 Å². The van der Waals surface area contributed by atoms with Gasteiger partial charge >= 0.3 is 0 Å². The van der Waals surface area contributed by atoms with E-state index in [1.54, 1.807) is 60.7 Å². The second-order valence-electron chi connectivity index (χ2n) is 7.07. The Morgan fingerprint density at radius 3 is 2.38 bits per heavy atom. The second kappa shape index (κ2) is 9.91. The van der Waals surface area contributed by atoms with E-state index in [1.165, 1.54) is 38.4 Å². The van der Waals surface area contributed by atoms with Crippen LogP contribution in [0.3, 0.4) is 0 Å².